The summed E-state index contributed by atoms with van der Waals surface area (Å²) < 4.78 is 6.43. The fourth-order valence-corrected chi connectivity index (χ4v) is 3.31. The number of hydrogen-bond acceptors (Lipinski definition) is 4. The van der Waals surface area contributed by atoms with Gasteiger partial charge in [0.1, 0.15) is 16.7 Å². The van der Waals surface area contributed by atoms with Crippen molar-refractivity contribution < 1.29 is 9.53 Å². The number of hydrogen-bond donors (Lipinski definition) is 1. The molecule has 1 heterocycles. The molecular weight excluding hydrogens is 316 g/mol. The van der Waals surface area contributed by atoms with E-state index in [2.05, 4.69) is 10.2 Å². The molecule has 2 rings (SSSR count). The molecule has 0 bridgehead atoms. The average molecular weight is 338 g/mol. The Kier molecular flexibility index (Phi) is 6.99. The minimum Gasteiger partial charge on any atom is -0.492 e. The first-order valence-corrected chi connectivity index (χ1v) is 8.92. The number of benzene rings is 1. The van der Waals surface area contributed by atoms with Gasteiger partial charge in [-0.2, -0.15) is 0 Å². The van der Waals surface area contributed by atoms with Gasteiger partial charge in [0.25, 0.3) is 0 Å². The lowest BCUT2D eigenvalue weighted by atomic mass is 10.2. The van der Waals surface area contributed by atoms with E-state index < -0.39 is 0 Å². The summed E-state index contributed by atoms with van der Waals surface area (Å²) in [6.07, 6.45) is 2.40. The third kappa shape index (κ3) is 5.85. The van der Waals surface area contributed by atoms with Gasteiger partial charge in [-0.1, -0.05) is 36.1 Å². The SMILES string of the molecule is Cc1cccc(OCCNC(=O)CSC(=S)N2CCCC2)c1. The number of amides is 1. The summed E-state index contributed by atoms with van der Waals surface area (Å²) in [6, 6.07) is 7.87. The molecule has 1 aliphatic rings. The Bertz CT molecular complexity index is 517. The molecular formula is C16H22N2O2S2. The molecule has 120 valence electrons. The van der Waals surface area contributed by atoms with Crippen molar-refractivity contribution >= 4 is 34.2 Å². The molecule has 1 aromatic carbocycles. The Morgan fingerprint density at radius 2 is 2.18 bits per heavy atom. The number of nitrogens with one attached hydrogen (secondary N) is 1. The van der Waals surface area contributed by atoms with Gasteiger partial charge in [0.15, 0.2) is 0 Å². The summed E-state index contributed by atoms with van der Waals surface area (Å²) in [4.78, 5) is 13.9. The smallest absolute Gasteiger partial charge is 0.230 e. The maximum absolute atomic E-state index is 11.8. The molecule has 1 amide bonds. The monoisotopic (exact) mass is 338 g/mol. The summed E-state index contributed by atoms with van der Waals surface area (Å²) >= 11 is 6.77. The Labute approximate surface area is 141 Å². The first kappa shape index (κ1) is 17.1. The van der Waals surface area contributed by atoms with Crippen molar-refractivity contribution in [2.75, 3.05) is 32.0 Å². The summed E-state index contributed by atoms with van der Waals surface area (Å²) in [6.45, 7) is 5.05. The fraction of sp³-hybridized carbons (Fsp3) is 0.500. The van der Waals surface area contributed by atoms with Crippen LogP contribution in [0.1, 0.15) is 18.4 Å². The highest BCUT2D eigenvalue weighted by molar-refractivity contribution is 8.23. The normalized spacial score (nSPS) is 14.0. The molecule has 0 unspecified atom stereocenters. The van der Waals surface area contributed by atoms with Gasteiger partial charge in [0.2, 0.25) is 5.91 Å². The van der Waals surface area contributed by atoms with Crippen LogP contribution >= 0.6 is 24.0 Å². The van der Waals surface area contributed by atoms with E-state index in [0.29, 0.717) is 18.9 Å². The highest BCUT2D eigenvalue weighted by Crippen LogP contribution is 2.16. The van der Waals surface area contributed by atoms with E-state index in [4.69, 9.17) is 17.0 Å². The van der Waals surface area contributed by atoms with Crippen molar-refractivity contribution in [1.29, 1.82) is 0 Å². The van der Waals surface area contributed by atoms with Gasteiger partial charge in [-0.25, -0.2) is 0 Å². The molecule has 0 spiro atoms. The fourth-order valence-electron chi connectivity index (χ4n) is 2.23. The zero-order valence-electron chi connectivity index (χ0n) is 12.8. The number of carbonyl (C=O) groups is 1. The number of aryl methyl sites for hydroxylation is 1. The molecule has 6 heteroatoms. The maximum atomic E-state index is 11.8. The number of likely N-dealkylation sites (tertiary alicyclic amines) is 1. The lowest BCUT2D eigenvalue weighted by Gasteiger charge is -2.17. The summed E-state index contributed by atoms with van der Waals surface area (Å²) in [5, 5.41) is 2.85. The number of rotatable bonds is 6. The Morgan fingerprint density at radius 3 is 2.91 bits per heavy atom. The van der Waals surface area contributed by atoms with Gasteiger partial charge in [0, 0.05) is 13.1 Å². The van der Waals surface area contributed by atoms with E-state index in [9.17, 15) is 4.79 Å². The lowest BCUT2D eigenvalue weighted by Crippen LogP contribution is -2.31. The number of thiocarbonyl (C=S) groups is 1. The standard InChI is InChI=1S/C16H22N2O2S2/c1-13-5-4-6-14(11-13)20-10-7-17-15(19)12-22-16(21)18-8-2-3-9-18/h4-6,11H,2-3,7-10,12H2,1H3,(H,17,19). The highest BCUT2D eigenvalue weighted by Gasteiger charge is 2.15. The van der Waals surface area contributed by atoms with E-state index in [1.54, 1.807) is 0 Å². The molecule has 1 aromatic rings. The zero-order chi connectivity index (χ0) is 15.8. The minimum atomic E-state index is -0.000566. The van der Waals surface area contributed by atoms with E-state index in [1.807, 2.05) is 31.2 Å². The van der Waals surface area contributed by atoms with Crippen LogP contribution in [-0.4, -0.2) is 47.1 Å². The predicted molar refractivity (Wildman–Crippen MR) is 95.5 cm³/mol. The molecule has 1 N–H and O–H groups in total. The molecule has 0 aliphatic carbocycles. The van der Waals surface area contributed by atoms with Crippen molar-refractivity contribution in [1.82, 2.24) is 10.2 Å². The van der Waals surface area contributed by atoms with Gasteiger partial charge in [-0.15, -0.1) is 0 Å². The molecule has 0 radical (unpaired) electrons. The predicted octanol–water partition coefficient (Wildman–Crippen LogP) is 2.60. The number of carbonyl (C=O) groups excluding carboxylic acids is 1. The molecule has 1 fully saturated rings. The topological polar surface area (TPSA) is 41.6 Å². The molecule has 0 saturated carbocycles. The van der Waals surface area contributed by atoms with Crippen LogP contribution in [0.3, 0.4) is 0 Å². The Balaban J connectivity index is 1.56. The van der Waals surface area contributed by atoms with E-state index >= 15 is 0 Å². The van der Waals surface area contributed by atoms with Gasteiger partial charge in [-0.05, 0) is 37.5 Å². The average Bonchev–Trinajstić information content (AvgIpc) is 3.04. The van der Waals surface area contributed by atoms with E-state index in [1.165, 1.54) is 24.6 Å². The van der Waals surface area contributed by atoms with Crippen LogP contribution in [0, 0.1) is 6.92 Å². The van der Waals surface area contributed by atoms with Crippen LogP contribution in [0.15, 0.2) is 24.3 Å². The number of thioether (sulfide) groups is 1. The second-order valence-corrected chi connectivity index (χ2v) is 6.87. The first-order chi connectivity index (χ1) is 10.6. The molecule has 0 aromatic heterocycles. The van der Waals surface area contributed by atoms with Crippen molar-refractivity contribution in [2.24, 2.45) is 0 Å². The lowest BCUT2D eigenvalue weighted by molar-refractivity contribution is -0.118. The minimum absolute atomic E-state index is 0.000566. The van der Waals surface area contributed by atoms with E-state index in [0.717, 1.165) is 28.7 Å². The third-order valence-corrected chi connectivity index (χ3v) is 4.90. The first-order valence-electron chi connectivity index (χ1n) is 7.53. The molecule has 1 aliphatic heterocycles. The maximum Gasteiger partial charge on any atom is 0.230 e. The van der Waals surface area contributed by atoms with Crippen molar-refractivity contribution in [2.45, 2.75) is 19.8 Å². The van der Waals surface area contributed by atoms with Crippen LogP contribution in [0.2, 0.25) is 0 Å². The largest absolute Gasteiger partial charge is 0.492 e. The molecule has 4 nitrogen and oxygen atoms in total. The van der Waals surface area contributed by atoms with Gasteiger partial charge < -0.3 is 15.0 Å². The van der Waals surface area contributed by atoms with Crippen molar-refractivity contribution in [3.8, 4) is 5.75 Å². The second-order valence-electron chi connectivity index (χ2n) is 5.26. The number of nitrogens with zero attached hydrogens (tertiary/aromatic N) is 1. The van der Waals surface area contributed by atoms with E-state index in [-0.39, 0.29) is 5.91 Å². The molecule has 22 heavy (non-hydrogen) atoms. The van der Waals surface area contributed by atoms with Gasteiger partial charge >= 0.3 is 0 Å². The third-order valence-electron chi connectivity index (χ3n) is 3.37. The molecule has 0 atom stereocenters. The van der Waals surface area contributed by atoms with Gasteiger partial charge in [0.05, 0.1) is 12.3 Å². The summed E-state index contributed by atoms with van der Waals surface area (Å²) in [7, 11) is 0. The van der Waals surface area contributed by atoms with Crippen LogP contribution < -0.4 is 10.1 Å². The highest BCUT2D eigenvalue weighted by atomic mass is 32.2. The van der Waals surface area contributed by atoms with Crippen LogP contribution in [0.5, 0.6) is 5.75 Å². The van der Waals surface area contributed by atoms with Crippen molar-refractivity contribution in [3.05, 3.63) is 29.8 Å². The van der Waals surface area contributed by atoms with Crippen LogP contribution in [0.25, 0.3) is 0 Å². The number of ether oxygens (including phenoxy) is 1. The van der Waals surface area contributed by atoms with Crippen LogP contribution in [0.4, 0.5) is 0 Å². The summed E-state index contributed by atoms with van der Waals surface area (Å²) in [5.41, 5.74) is 1.16. The second kappa shape index (κ2) is 9.00. The Morgan fingerprint density at radius 1 is 1.41 bits per heavy atom. The van der Waals surface area contributed by atoms with Crippen molar-refractivity contribution in [3.63, 3.8) is 0 Å². The zero-order valence-corrected chi connectivity index (χ0v) is 14.5. The quantitative estimate of drug-likeness (QED) is 0.638. The van der Waals surface area contributed by atoms with Gasteiger partial charge in [-0.3, -0.25) is 4.79 Å². The van der Waals surface area contributed by atoms with Crippen LogP contribution in [-0.2, 0) is 4.79 Å². The summed E-state index contributed by atoms with van der Waals surface area (Å²) in [5.74, 6) is 1.21. The Hall–Kier alpha value is -1.27. The molecule has 1 saturated heterocycles.